The third-order valence-corrected chi connectivity index (χ3v) is 6.51. The van der Waals surface area contributed by atoms with Crippen LogP contribution in [0.25, 0.3) is 6.08 Å². The Kier molecular flexibility index (Phi) is 8.07. The fourth-order valence-corrected chi connectivity index (χ4v) is 4.62. The summed E-state index contributed by atoms with van der Waals surface area (Å²) in [6.07, 6.45) is 1.79. The summed E-state index contributed by atoms with van der Waals surface area (Å²) in [6, 6.07) is 19.3. The summed E-state index contributed by atoms with van der Waals surface area (Å²) >= 11 is 5.47. The van der Waals surface area contributed by atoms with E-state index in [0.29, 0.717) is 35.5 Å². The predicted octanol–water partition coefficient (Wildman–Crippen LogP) is 6.54. The van der Waals surface area contributed by atoms with Crippen LogP contribution in [0, 0.1) is 6.92 Å². The van der Waals surface area contributed by atoms with Crippen molar-refractivity contribution < 1.29 is 19.0 Å². The Hall–Kier alpha value is -3.84. The molecule has 0 saturated carbocycles. The number of anilines is 1. The number of carbonyl (C=O) groups is 1. The maximum absolute atomic E-state index is 13.2. The van der Waals surface area contributed by atoms with E-state index in [1.54, 1.807) is 13.2 Å². The molecule has 0 aromatic heterocycles. The molecule has 1 amide bonds. The summed E-state index contributed by atoms with van der Waals surface area (Å²) in [6.45, 7) is 11.4. The molecule has 0 unspecified atom stereocenters. The Balaban J connectivity index is 1.57. The number of hydrogen-bond donors (Lipinski definition) is 1. The first-order chi connectivity index (χ1) is 18.1. The van der Waals surface area contributed by atoms with Crippen LogP contribution in [0.5, 0.6) is 17.2 Å². The van der Waals surface area contributed by atoms with E-state index in [-0.39, 0.29) is 11.3 Å². The van der Waals surface area contributed by atoms with E-state index < -0.39 is 0 Å². The fourth-order valence-electron chi connectivity index (χ4n) is 4.32. The maximum atomic E-state index is 13.2. The number of carbonyl (C=O) groups excluding carboxylic acids is 1. The van der Waals surface area contributed by atoms with E-state index in [1.165, 1.54) is 4.90 Å². The van der Waals surface area contributed by atoms with Gasteiger partial charge in [-0.05, 0) is 96.7 Å². The van der Waals surface area contributed by atoms with Crippen molar-refractivity contribution in [1.82, 2.24) is 5.32 Å². The number of aryl methyl sites for hydroxylation is 1. The Morgan fingerprint density at radius 2 is 1.71 bits per heavy atom. The van der Waals surface area contributed by atoms with Crippen molar-refractivity contribution in [1.29, 1.82) is 0 Å². The van der Waals surface area contributed by atoms with Gasteiger partial charge in [0.2, 0.25) is 0 Å². The second-order valence-corrected chi connectivity index (χ2v) is 10.6. The number of thiocarbonyl (C=S) groups is 1. The molecule has 7 heteroatoms. The van der Waals surface area contributed by atoms with E-state index in [9.17, 15) is 4.79 Å². The number of nitrogens with one attached hydrogen (secondary N) is 1. The van der Waals surface area contributed by atoms with Crippen molar-refractivity contribution in [2.24, 2.45) is 0 Å². The highest BCUT2D eigenvalue weighted by atomic mass is 32.1. The molecule has 1 aliphatic rings. The summed E-state index contributed by atoms with van der Waals surface area (Å²) < 4.78 is 17.4. The molecule has 1 saturated heterocycles. The minimum Gasteiger partial charge on any atom is -0.496 e. The average Bonchev–Trinajstić information content (AvgIpc) is 3.15. The van der Waals surface area contributed by atoms with Gasteiger partial charge in [-0.3, -0.25) is 9.69 Å². The van der Waals surface area contributed by atoms with Crippen LogP contribution in [0.3, 0.4) is 0 Å². The maximum Gasteiger partial charge on any atom is 0.281 e. The first-order valence-corrected chi connectivity index (χ1v) is 13.0. The van der Waals surface area contributed by atoms with Gasteiger partial charge in [-0.1, -0.05) is 39.0 Å². The smallest absolute Gasteiger partial charge is 0.281 e. The zero-order valence-electron chi connectivity index (χ0n) is 22.8. The summed E-state index contributed by atoms with van der Waals surface area (Å²) in [5.41, 5.74) is 5.00. The van der Waals surface area contributed by atoms with E-state index >= 15 is 0 Å². The van der Waals surface area contributed by atoms with Gasteiger partial charge in [0.15, 0.2) is 5.11 Å². The molecular formula is C31H34N2O4S. The monoisotopic (exact) mass is 530 g/mol. The Morgan fingerprint density at radius 3 is 2.37 bits per heavy atom. The average molecular weight is 531 g/mol. The van der Waals surface area contributed by atoms with Crippen LogP contribution in [0.15, 0.2) is 66.4 Å². The van der Waals surface area contributed by atoms with E-state index in [0.717, 1.165) is 33.8 Å². The van der Waals surface area contributed by atoms with Crippen LogP contribution in [0.1, 0.15) is 49.9 Å². The third kappa shape index (κ3) is 6.00. The fraction of sp³-hybridized carbons (Fsp3) is 0.290. The molecule has 0 atom stereocenters. The second kappa shape index (κ2) is 11.3. The van der Waals surface area contributed by atoms with Crippen molar-refractivity contribution in [2.45, 2.75) is 46.6 Å². The molecule has 38 heavy (non-hydrogen) atoms. The first kappa shape index (κ1) is 27.2. The molecule has 1 heterocycles. The molecule has 0 bridgehead atoms. The molecule has 3 aromatic carbocycles. The summed E-state index contributed by atoms with van der Waals surface area (Å²) in [7, 11) is 1.64. The standard InChI is InChI=1S/C31H34N2O4S/c1-7-36-24-12-10-23(11-13-24)33-29(34)26(32-30(33)38)18-21-9-15-27(35-6)22(17-21)19-37-28-16-20(2)8-14-25(28)31(3,4)5/h8-18H,7,19H2,1-6H3,(H,32,38)/b26-18+. The van der Waals surface area contributed by atoms with E-state index in [1.807, 2.05) is 49.4 Å². The zero-order valence-corrected chi connectivity index (χ0v) is 23.6. The second-order valence-electron chi connectivity index (χ2n) is 10.2. The molecular weight excluding hydrogens is 496 g/mol. The molecule has 4 rings (SSSR count). The van der Waals surface area contributed by atoms with Crippen LogP contribution < -0.4 is 24.4 Å². The first-order valence-electron chi connectivity index (χ1n) is 12.6. The van der Waals surface area contributed by atoms with Gasteiger partial charge in [0, 0.05) is 5.56 Å². The lowest BCUT2D eigenvalue weighted by atomic mass is 9.86. The van der Waals surface area contributed by atoms with Gasteiger partial charge in [0.1, 0.15) is 29.6 Å². The van der Waals surface area contributed by atoms with Crippen molar-refractivity contribution >= 4 is 35.0 Å². The van der Waals surface area contributed by atoms with Crippen LogP contribution in [0.4, 0.5) is 5.69 Å². The highest BCUT2D eigenvalue weighted by molar-refractivity contribution is 7.80. The van der Waals surface area contributed by atoms with Crippen LogP contribution >= 0.6 is 12.2 Å². The number of methoxy groups -OCH3 is 1. The zero-order chi connectivity index (χ0) is 27.4. The van der Waals surface area contributed by atoms with Gasteiger partial charge in [-0.2, -0.15) is 0 Å². The third-order valence-electron chi connectivity index (χ3n) is 6.23. The number of hydrogen-bond acceptors (Lipinski definition) is 5. The normalized spacial score (nSPS) is 14.6. The van der Waals surface area contributed by atoms with Crippen LogP contribution in [-0.2, 0) is 16.8 Å². The number of nitrogens with zero attached hydrogens (tertiary/aromatic N) is 1. The van der Waals surface area contributed by atoms with Gasteiger partial charge in [-0.25, -0.2) is 0 Å². The minimum absolute atomic E-state index is 0.0540. The molecule has 198 valence electrons. The Morgan fingerprint density at radius 1 is 0.974 bits per heavy atom. The lowest BCUT2D eigenvalue weighted by Crippen LogP contribution is -2.30. The van der Waals surface area contributed by atoms with Crippen molar-refractivity contribution in [3.63, 3.8) is 0 Å². The Labute approximate surface area is 230 Å². The lowest BCUT2D eigenvalue weighted by molar-refractivity contribution is -0.113. The predicted molar refractivity (Wildman–Crippen MR) is 156 cm³/mol. The Bertz CT molecular complexity index is 1370. The topological polar surface area (TPSA) is 60.0 Å². The number of ether oxygens (including phenoxy) is 3. The molecule has 0 radical (unpaired) electrons. The lowest BCUT2D eigenvalue weighted by Gasteiger charge is -2.23. The molecule has 6 nitrogen and oxygen atoms in total. The summed E-state index contributed by atoms with van der Waals surface area (Å²) in [4.78, 5) is 14.7. The van der Waals surface area contributed by atoms with Crippen molar-refractivity contribution in [3.8, 4) is 17.2 Å². The molecule has 0 aliphatic carbocycles. The molecule has 0 spiro atoms. The van der Waals surface area contributed by atoms with Gasteiger partial charge >= 0.3 is 0 Å². The van der Waals surface area contributed by atoms with Crippen LogP contribution in [0.2, 0.25) is 0 Å². The number of amides is 1. The summed E-state index contributed by atoms with van der Waals surface area (Å²) in [5, 5.41) is 3.38. The van der Waals surface area contributed by atoms with E-state index in [2.05, 4.69) is 51.2 Å². The van der Waals surface area contributed by atoms with Gasteiger partial charge < -0.3 is 19.5 Å². The number of rotatable bonds is 8. The van der Waals surface area contributed by atoms with Gasteiger partial charge in [-0.15, -0.1) is 0 Å². The highest BCUT2D eigenvalue weighted by Gasteiger charge is 2.32. The SMILES string of the molecule is CCOc1ccc(N2C(=O)/C(=C\c3ccc(OC)c(COc4cc(C)ccc4C(C)(C)C)c3)NC2=S)cc1. The molecule has 1 aliphatic heterocycles. The van der Waals surface area contributed by atoms with Crippen LogP contribution in [-0.4, -0.2) is 24.7 Å². The highest BCUT2D eigenvalue weighted by Crippen LogP contribution is 2.33. The van der Waals surface area contributed by atoms with Gasteiger partial charge in [0.25, 0.3) is 5.91 Å². The number of benzene rings is 3. The molecule has 1 N–H and O–H groups in total. The quantitative estimate of drug-likeness (QED) is 0.264. The van der Waals surface area contributed by atoms with E-state index in [4.69, 9.17) is 26.4 Å². The van der Waals surface area contributed by atoms with Gasteiger partial charge in [0.05, 0.1) is 19.4 Å². The van der Waals surface area contributed by atoms with Crippen molar-refractivity contribution in [3.05, 3.63) is 88.6 Å². The molecule has 3 aromatic rings. The minimum atomic E-state index is -0.220. The largest absolute Gasteiger partial charge is 0.496 e. The van der Waals surface area contributed by atoms with Crippen molar-refractivity contribution in [2.75, 3.05) is 18.6 Å². The molecule has 1 fully saturated rings. The summed E-state index contributed by atoms with van der Waals surface area (Å²) in [5.74, 6) is 2.09.